The Morgan fingerprint density at radius 3 is 2.67 bits per heavy atom. The lowest BCUT2D eigenvalue weighted by Crippen LogP contribution is -2.50. The lowest BCUT2D eigenvalue weighted by atomic mass is 9.86. The molecule has 0 aromatic carbocycles. The van der Waals surface area contributed by atoms with Gasteiger partial charge >= 0.3 is 0 Å². The van der Waals surface area contributed by atoms with Crippen LogP contribution >= 0.6 is 0 Å². The minimum atomic E-state index is -0.465. The SMILES string of the molecule is CC(C)(C)[C@@H](N)C(=O)N(Cc1ccco1)C1CC1. The van der Waals surface area contributed by atoms with E-state index < -0.39 is 6.04 Å². The molecule has 0 spiro atoms. The molecule has 1 aromatic rings. The molecule has 1 fully saturated rings. The largest absolute Gasteiger partial charge is 0.467 e. The van der Waals surface area contributed by atoms with Crippen LogP contribution < -0.4 is 5.73 Å². The highest BCUT2D eigenvalue weighted by Gasteiger charge is 2.38. The summed E-state index contributed by atoms with van der Waals surface area (Å²) in [5, 5.41) is 0. The third-order valence-corrected chi connectivity index (χ3v) is 3.38. The molecule has 1 amide bonds. The van der Waals surface area contributed by atoms with E-state index in [9.17, 15) is 4.79 Å². The Morgan fingerprint density at radius 1 is 1.56 bits per heavy atom. The van der Waals surface area contributed by atoms with E-state index in [0.717, 1.165) is 18.6 Å². The number of hydrogen-bond donors (Lipinski definition) is 1. The third kappa shape index (κ3) is 2.93. The fourth-order valence-corrected chi connectivity index (χ4v) is 1.89. The van der Waals surface area contributed by atoms with E-state index in [1.807, 2.05) is 37.8 Å². The number of carbonyl (C=O) groups is 1. The molecule has 100 valence electrons. The van der Waals surface area contributed by atoms with Gasteiger partial charge in [0.15, 0.2) is 0 Å². The van der Waals surface area contributed by atoms with Gasteiger partial charge in [-0.05, 0) is 30.4 Å². The van der Waals surface area contributed by atoms with Gasteiger partial charge in [-0.3, -0.25) is 4.79 Å². The van der Waals surface area contributed by atoms with E-state index in [4.69, 9.17) is 10.2 Å². The predicted octanol–water partition coefficient (Wildman–Crippen LogP) is 2.14. The van der Waals surface area contributed by atoms with E-state index in [1.165, 1.54) is 0 Å². The van der Waals surface area contributed by atoms with Gasteiger partial charge in [0.25, 0.3) is 0 Å². The predicted molar refractivity (Wildman–Crippen MR) is 69.7 cm³/mol. The van der Waals surface area contributed by atoms with Crippen molar-refractivity contribution in [1.29, 1.82) is 0 Å². The van der Waals surface area contributed by atoms with Crippen molar-refractivity contribution in [3.8, 4) is 0 Å². The van der Waals surface area contributed by atoms with Gasteiger partial charge in [0.05, 0.1) is 18.8 Å². The van der Waals surface area contributed by atoms with Crippen LogP contribution in [0.1, 0.15) is 39.4 Å². The summed E-state index contributed by atoms with van der Waals surface area (Å²) in [7, 11) is 0. The van der Waals surface area contributed by atoms with Crippen molar-refractivity contribution in [3.05, 3.63) is 24.2 Å². The highest BCUT2D eigenvalue weighted by atomic mass is 16.3. The van der Waals surface area contributed by atoms with Crippen molar-refractivity contribution in [1.82, 2.24) is 4.90 Å². The lowest BCUT2D eigenvalue weighted by molar-refractivity contribution is -0.136. The van der Waals surface area contributed by atoms with E-state index in [-0.39, 0.29) is 11.3 Å². The van der Waals surface area contributed by atoms with E-state index >= 15 is 0 Å². The molecule has 1 atom stereocenters. The number of rotatable bonds is 4. The van der Waals surface area contributed by atoms with Crippen molar-refractivity contribution in [2.45, 2.75) is 52.2 Å². The second kappa shape index (κ2) is 4.76. The highest BCUT2D eigenvalue weighted by molar-refractivity contribution is 5.83. The molecule has 1 saturated carbocycles. The number of amides is 1. The molecule has 0 saturated heterocycles. The highest BCUT2D eigenvalue weighted by Crippen LogP contribution is 2.31. The van der Waals surface area contributed by atoms with E-state index in [2.05, 4.69) is 0 Å². The van der Waals surface area contributed by atoms with Crippen LogP contribution in [-0.2, 0) is 11.3 Å². The quantitative estimate of drug-likeness (QED) is 0.890. The van der Waals surface area contributed by atoms with Gasteiger partial charge in [0, 0.05) is 6.04 Å². The Balaban J connectivity index is 2.08. The average molecular weight is 250 g/mol. The summed E-state index contributed by atoms with van der Waals surface area (Å²) in [6.07, 6.45) is 3.78. The van der Waals surface area contributed by atoms with Gasteiger partial charge in [0.1, 0.15) is 5.76 Å². The van der Waals surface area contributed by atoms with Gasteiger partial charge < -0.3 is 15.1 Å². The van der Waals surface area contributed by atoms with Gasteiger partial charge in [-0.25, -0.2) is 0 Å². The zero-order valence-corrected chi connectivity index (χ0v) is 11.3. The molecule has 0 unspecified atom stereocenters. The van der Waals surface area contributed by atoms with Crippen LogP contribution in [0.5, 0.6) is 0 Å². The minimum Gasteiger partial charge on any atom is -0.467 e. The summed E-state index contributed by atoms with van der Waals surface area (Å²) in [5.74, 6) is 0.845. The zero-order chi connectivity index (χ0) is 13.3. The third-order valence-electron chi connectivity index (χ3n) is 3.38. The van der Waals surface area contributed by atoms with Gasteiger partial charge in [-0.2, -0.15) is 0 Å². The fourth-order valence-electron chi connectivity index (χ4n) is 1.89. The van der Waals surface area contributed by atoms with Crippen LogP contribution in [-0.4, -0.2) is 22.9 Å². The number of nitrogens with two attached hydrogens (primary N) is 1. The summed E-state index contributed by atoms with van der Waals surface area (Å²) in [6.45, 7) is 6.51. The topological polar surface area (TPSA) is 59.5 Å². The molecule has 0 radical (unpaired) electrons. The van der Waals surface area contributed by atoms with Crippen LogP contribution in [0.25, 0.3) is 0 Å². The van der Waals surface area contributed by atoms with Crippen molar-refractivity contribution in [2.75, 3.05) is 0 Å². The van der Waals surface area contributed by atoms with Crippen LogP contribution in [0.15, 0.2) is 22.8 Å². The first kappa shape index (κ1) is 13.1. The minimum absolute atomic E-state index is 0.0291. The van der Waals surface area contributed by atoms with Crippen molar-refractivity contribution < 1.29 is 9.21 Å². The first-order valence-corrected chi connectivity index (χ1v) is 6.48. The molecule has 0 aliphatic heterocycles. The summed E-state index contributed by atoms with van der Waals surface area (Å²) in [6, 6.07) is 3.61. The van der Waals surface area contributed by atoms with E-state index in [1.54, 1.807) is 6.26 Å². The Labute approximate surface area is 108 Å². The molecule has 4 heteroatoms. The number of carbonyl (C=O) groups excluding carboxylic acids is 1. The maximum absolute atomic E-state index is 12.5. The summed E-state index contributed by atoms with van der Waals surface area (Å²) < 4.78 is 5.32. The molecule has 1 aliphatic rings. The molecule has 4 nitrogen and oxygen atoms in total. The zero-order valence-electron chi connectivity index (χ0n) is 11.3. The molecule has 18 heavy (non-hydrogen) atoms. The summed E-state index contributed by atoms with van der Waals surface area (Å²) >= 11 is 0. The molecule has 2 rings (SSSR count). The normalized spacial score (nSPS) is 17.6. The van der Waals surface area contributed by atoms with Gasteiger partial charge in [-0.1, -0.05) is 20.8 Å². The molecule has 1 aliphatic carbocycles. The second-order valence-corrected chi connectivity index (χ2v) is 6.12. The Bertz CT molecular complexity index is 402. The number of hydrogen-bond acceptors (Lipinski definition) is 3. The average Bonchev–Trinajstić information content (AvgIpc) is 3.00. The molecule has 2 N–H and O–H groups in total. The first-order chi connectivity index (χ1) is 8.39. The summed E-state index contributed by atoms with van der Waals surface area (Å²) in [5.41, 5.74) is 5.85. The van der Waals surface area contributed by atoms with Crippen molar-refractivity contribution in [2.24, 2.45) is 11.1 Å². The van der Waals surface area contributed by atoms with Crippen LogP contribution in [0.2, 0.25) is 0 Å². The molecular formula is C14H22N2O2. The first-order valence-electron chi connectivity index (χ1n) is 6.48. The monoisotopic (exact) mass is 250 g/mol. The standard InChI is InChI=1S/C14H22N2O2/c1-14(2,3)12(15)13(17)16(10-6-7-10)9-11-5-4-8-18-11/h4-5,8,10,12H,6-7,9,15H2,1-3H3/t12-/m0/s1. The van der Waals surface area contributed by atoms with Gasteiger partial charge in [0.2, 0.25) is 5.91 Å². The number of nitrogens with zero attached hydrogens (tertiary/aromatic N) is 1. The Kier molecular flexibility index (Phi) is 3.48. The molecule has 1 heterocycles. The summed E-state index contributed by atoms with van der Waals surface area (Å²) in [4.78, 5) is 14.3. The van der Waals surface area contributed by atoms with Gasteiger partial charge in [-0.15, -0.1) is 0 Å². The van der Waals surface area contributed by atoms with Crippen LogP contribution in [0, 0.1) is 5.41 Å². The maximum atomic E-state index is 12.5. The second-order valence-electron chi connectivity index (χ2n) is 6.12. The Hall–Kier alpha value is -1.29. The Morgan fingerprint density at radius 2 is 2.22 bits per heavy atom. The smallest absolute Gasteiger partial charge is 0.240 e. The molecule has 1 aromatic heterocycles. The van der Waals surface area contributed by atoms with Crippen LogP contribution in [0.4, 0.5) is 0 Å². The fraction of sp³-hybridized carbons (Fsp3) is 0.643. The lowest BCUT2D eigenvalue weighted by Gasteiger charge is -2.31. The van der Waals surface area contributed by atoms with E-state index in [0.29, 0.717) is 12.6 Å². The maximum Gasteiger partial charge on any atom is 0.240 e. The van der Waals surface area contributed by atoms with Crippen molar-refractivity contribution in [3.63, 3.8) is 0 Å². The van der Waals surface area contributed by atoms with Crippen molar-refractivity contribution >= 4 is 5.91 Å². The molecular weight excluding hydrogens is 228 g/mol. The molecule has 0 bridgehead atoms. The van der Waals surface area contributed by atoms with Crippen LogP contribution in [0.3, 0.4) is 0 Å². The number of furan rings is 1.